The molecule has 0 spiro atoms. The predicted octanol–water partition coefficient (Wildman–Crippen LogP) is 2.97. The van der Waals surface area contributed by atoms with Crippen molar-refractivity contribution in [1.82, 2.24) is 15.3 Å². The first kappa shape index (κ1) is 17.3. The number of carbonyl (C=O) groups is 2. The molecule has 0 bridgehead atoms. The number of nitrogens with zero attached hydrogens (tertiary/aromatic N) is 2. The normalized spacial score (nSPS) is 10.2. The zero-order valence-corrected chi connectivity index (χ0v) is 14.3. The van der Waals surface area contributed by atoms with Crippen molar-refractivity contribution in [3.8, 4) is 0 Å². The van der Waals surface area contributed by atoms with Gasteiger partial charge in [-0.1, -0.05) is 24.3 Å². The Morgan fingerprint density at radius 3 is 2.46 bits per heavy atom. The number of nitrogens with one attached hydrogen (secondary N) is 2. The molecule has 3 aromatic rings. The van der Waals surface area contributed by atoms with Gasteiger partial charge in [-0.3, -0.25) is 14.6 Å². The highest BCUT2D eigenvalue weighted by molar-refractivity contribution is 6.03. The van der Waals surface area contributed by atoms with Crippen LogP contribution in [0.2, 0.25) is 0 Å². The van der Waals surface area contributed by atoms with Crippen molar-refractivity contribution >= 4 is 17.5 Å². The van der Waals surface area contributed by atoms with Gasteiger partial charge in [0.2, 0.25) is 0 Å². The molecule has 2 heterocycles. The number of aryl methyl sites for hydroxylation is 1. The van der Waals surface area contributed by atoms with Crippen LogP contribution in [-0.4, -0.2) is 21.8 Å². The third-order valence-electron chi connectivity index (χ3n) is 3.67. The fraction of sp³-hybridized carbons (Fsp3) is 0.100. The molecule has 6 nitrogen and oxygen atoms in total. The second-order valence-electron chi connectivity index (χ2n) is 5.78. The van der Waals surface area contributed by atoms with Crippen LogP contribution in [0.4, 0.5) is 5.69 Å². The van der Waals surface area contributed by atoms with Crippen LogP contribution in [0.25, 0.3) is 0 Å². The summed E-state index contributed by atoms with van der Waals surface area (Å²) in [6, 6.07) is 15.9. The van der Waals surface area contributed by atoms with Crippen molar-refractivity contribution in [2.24, 2.45) is 0 Å². The molecule has 0 aliphatic carbocycles. The third-order valence-corrected chi connectivity index (χ3v) is 3.67. The zero-order valence-electron chi connectivity index (χ0n) is 14.3. The van der Waals surface area contributed by atoms with Crippen molar-refractivity contribution in [2.45, 2.75) is 13.5 Å². The molecule has 0 aliphatic rings. The molecule has 0 fully saturated rings. The van der Waals surface area contributed by atoms with E-state index in [-0.39, 0.29) is 23.2 Å². The van der Waals surface area contributed by atoms with E-state index in [9.17, 15) is 9.59 Å². The van der Waals surface area contributed by atoms with Gasteiger partial charge in [0.15, 0.2) is 0 Å². The minimum atomic E-state index is -0.363. The van der Waals surface area contributed by atoms with Crippen LogP contribution >= 0.6 is 0 Å². The highest BCUT2D eigenvalue weighted by atomic mass is 16.2. The number of aromatic nitrogens is 2. The Morgan fingerprint density at radius 1 is 0.962 bits per heavy atom. The molecule has 130 valence electrons. The fourth-order valence-corrected chi connectivity index (χ4v) is 2.38. The predicted molar refractivity (Wildman–Crippen MR) is 98.8 cm³/mol. The number of benzene rings is 1. The standard InChI is InChI=1S/C20H18N4O2/c1-14-5-2-7-16(11-14)23-20(26)18-9-3-8-17(24-18)19(25)22-13-15-6-4-10-21-12-15/h2-12H,13H2,1H3,(H,22,25)(H,23,26). The van der Waals surface area contributed by atoms with Gasteiger partial charge in [-0.2, -0.15) is 0 Å². The molecule has 2 aromatic heterocycles. The van der Waals surface area contributed by atoms with Crippen molar-refractivity contribution in [3.05, 3.63) is 89.5 Å². The van der Waals surface area contributed by atoms with E-state index < -0.39 is 0 Å². The monoisotopic (exact) mass is 346 g/mol. The maximum absolute atomic E-state index is 12.4. The average molecular weight is 346 g/mol. The molecule has 0 radical (unpaired) electrons. The van der Waals surface area contributed by atoms with Crippen LogP contribution in [0.15, 0.2) is 67.0 Å². The van der Waals surface area contributed by atoms with Crippen LogP contribution in [-0.2, 0) is 6.54 Å². The number of hydrogen-bond acceptors (Lipinski definition) is 4. The smallest absolute Gasteiger partial charge is 0.274 e. The Bertz CT molecular complexity index is 926. The lowest BCUT2D eigenvalue weighted by Gasteiger charge is -2.08. The van der Waals surface area contributed by atoms with Crippen LogP contribution in [0.5, 0.6) is 0 Å². The van der Waals surface area contributed by atoms with E-state index in [1.165, 1.54) is 0 Å². The van der Waals surface area contributed by atoms with Crippen LogP contribution in [0.3, 0.4) is 0 Å². The molecule has 1 aromatic carbocycles. The van der Waals surface area contributed by atoms with Gasteiger partial charge >= 0.3 is 0 Å². The summed E-state index contributed by atoms with van der Waals surface area (Å²) >= 11 is 0. The quantitative estimate of drug-likeness (QED) is 0.744. The third kappa shape index (κ3) is 4.51. The lowest BCUT2D eigenvalue weighted by Crippen LogP contribution is -2.25. The molecule has 3 rings (SSSR count). The Balaban J connectivity index is 1.67. The number of anilines is 1. The minimum absolute atomic E-state index is 0.181. The van der Waals surface area contributed by atoms with Crippen molar-refractivity contribution in [1.29, 1.82) is 0 Å². The van der Waals surface area contributed by atoms with Gasteiger partial charge in [0, 0.05) is 24.6 Å². The summed E-state index contributed by atoms with van der Waals surface area (Å²) in [5.41, 5.74) is 2.98. The lowest BCUT2D eigenvalue weighted by atomic mass is 10.2. The van der Waals surface area contributed by atoms with E-state index in [0.717, 1.165) is 11.1 Å². The minimum Gasteiger partial charge on any atom is -0.347 e. The number of carbonyl (C=O) groups excluding carboxylic acids is 2. The van der Waals surface area contributed by atoms with E-state index in [4.69, 9.17) is 0 Å². The van der Waals surface area contributed by atoms with E-state index >= 15 is 0 Å². The molecule has 6 heteroatoms. The highest BCUT2D eigenvalue weighted by Gasteiger charge is 2.12. The number of rotatable bonds is 5. The van der Waals surface area contributed by atoms with Crippen molar-refractivity contribution in [2.75, 3.05) is 5.32 Å². The van der Waals surface area contributed by atoms with Crippen molar-refractivity contribution in [3.63, 3.8) is 0 Å². The van der Waals surface area contributed by atoms with Crippen molar-refractivity contribution < 1.29 is 9.59 Å². The molecule has 0 saturated heterocycles. The molecule has 2 amide bonds. The van der Waals surface area contributed by atoms with E-state index in [1.54, 1.807) is 42.7 Å². The largest absolute Gasteiger partial charge is 0.347 e. The average Bonchev–Trinajstić information content (AvgIpc) is 2.67. The first-order valence-electron chi connectivity index (χ1n) is 8.14. The van der Waals surface area contributed by atoms with Gasteiger partial charge < -0.3 is 10.6 Å². The second kappa shape index (κ2) is 8.02. The van der Waals surface area contributed by atoms with Gasteiger partial charge in [0.05, 0.1) is 0 Å². The second-order valence-corrected chi connectivity index (χ2v) is 5.78. The van der Waals surface area contributed by atoms with E-state index in [2.05, 4.69) is 20.6 Å². The molecule has 2 N–H and O–H groups in total. The highest BCUT2D eigenvalue weighted by Crippen LogP contribution is 2.11. The van der Waals surface area contributed by atoms with E-state index in [1.807, 2.05) is 31.2 Å². The van der Waals surface area contributed by atoms with E-state index in [0.29, 0.717) is 12.2 Å². The molecule has 0 atom stereocenters. The summed E-state index contributed by atoms with van der Waals surface area (Å²) < 4.78 is 0. The first-order chi connectivity index (χ1) is 12.6. The molecule has 0 saturated carbocycles. The van der Waals surface area contributed by atoms with Crippen LogP contribution in [0, 0.1) is 6.92 Å². The Kier molecular flexibility index (Phi) is 5.34. The molecular weight excluding hydrogens is 328 g/mol. The SMILES string of the molecule is Cc1cccc(NC(=O)c2cccc(C(=O)NCc3cccnc3)n2)c1. The van der Waals surface area contributed by atoms with Gasteiger partial charge in [0.25, 0.3) is 11.8 Å². The molecule has 0 unspecified atom stereocenters. The summed E-state index contributed by atoms with van der Waals surface area (Å²) in [5, 5.41) is 5.55. The van der Waals surface area contributed by atoms with Gasteiger partial charge in [-0.25, -0.2) is 4.98 Å². The summed E-state index contributed by atoms with van der Waals surface area (Å²) in [5.74, 6) is -0.712. The van der Waals surface area contributed by atoms with Gasteiger partial charge in [-0.15, -0.1) is 0 Å². The molecule has 26 heavy (non-hydrogen) atoms. The molecular formula is C20H18N4O2. The summed E-state index contributed by atoms with van der Waals surface area (Å²) in [6.45, 7) is 2.29. The topological polar surface area (TPSA) is 84.0 Å². The number of pyridine rings is 2. The van der Waals surface area contributed by atoms with Gasteiger partial charge in [-0.05, 0) is 48.4 Å². The van der Waals surface area contributed by atoms with Crippen LogP contribution in [0.1, 0.15) is 32.1 Å². The van der Waals surface area contributed by atoms with Gasteiger partial charge in [0.1, 0.15) is 11.4 Å². The maximum atomic E-state index is 12.4. The maximum Gasteiger partial charge on any atom is 0.274 e. The number of hydrogen-bond donors (Lipinski definition) is 2. The summed E-state index contributed by atoms with van der Waals surface area (Å²) in [6.07, 6.45) is 3.35. The Morgan fingerprint density at radius 2 is 1.73 bits per heavy atom. The zero-order chi connectivity index (χ0) is 18.4. The Hall–Kier alpha value is -3.54. The summed E-state index contributed by atoms with van der Waals surface area (Å²) in [7, 11) is 0. The summed E-state index contributed by atoms with van der Waals surface area (Å²) in [4.78, 5) is 32.8. The fourth-order valence-electron chi connectivity index (χ4n) is 2.38. The van der Waals surface area contributed by atoms with Crippen LogP contribution < -0.4 is 10.6 Å². The molecule has 0 aliphatic heterocycles. The number of amides is 2. The lowest BCUT2D eigenvalue weighted by molar-refractivity contribution is 0.0945. The first-order valence-corrected chi connectivity index (χ1v) is 8.14. The Labute approximate surface area is 151 Å².